The predicted molar refractivity (Wildman–Crippen MR) is 140 cm³/mol. The minimum absolute atomic E-state index is 0.147. The van der Waals surface area contributed by atoms with Gasteiger partial charge < -0.3 is 19.9 Å². The number of carbonyl (C=O) groups excluding carboxylic acids is 1. The first-order valence-electron chi connectivity index (χ1n) is 12.4. The molecule has 1 aliphatic heterocycles. The van der Waals surface area contributed by atoms with Gasteiger partial charge >= 0.3 is 6.09 Å². The highest BCUT2D eigenvalue weighted by Crippen LogP contribution is 2.36. The molecule has 1 aliphatic rings. The van der Waals surface area contributed by atoms with E-state index in [0.29, 0.717) is 5.92 Å². The van der Waals surface area contributed by atoms with Crippen molar-refractivity contribution in [2.45, 2.75) is 77.9 Å². The van der Waals surface area contributed by atoms with Crippen molar-refractivity contribution in [3.63, 3.8) is 0 Å². The Morgan fingerprint density at radius 3 is 2.24 bits per heavy atom. The molecule has 0 saturated carbocycles. The van der Waals surface area contributed by atoms with E-state index in [2.05, 4.69) is 67.9 Å². The van der Waals surface area contributed by atoms with Gasteiger partial charge in [0.25, 0.3) is 0 Å². The molecule has 0 unspecified atom stereocenters. The van der Waals surface area contributed by atoms with Crippen molar-refractivity contribution in [1.82, 2.24) is 9.47 Å². The van der Waals surface area contributed by atoms with Crippen LogP contribution in [0.1, 0.15) is 77.0 Å². The van der Waals surface area contributed by atoms with Gasteiger partial charge in [-0.25, -0.2) is 4.79 Å². The van der Waals surface area contributed by atoms with Crippen LogP contribution in [0.2, 0.25) is 0 Å². The lowest BCUT2D eigenvalue weighted by atomic mass is 9.87. The van der Waals surface area contributed by atoms with Crippen molar-refractivity contribution in [2.75, 3.05) is 18.8 Å². The number of rotatable bonds is 3. The molecule has 0 spiro atoms. The molecule has 3 aromatic rings. The summed E-state index contributed by atoms with van der Waals surface area (Å²) in [5, 5.41) is 1.26. The zero-order valence-electron chi connectivity index (χ0n) is 21.5. The molecule has 1 saturated heterocycles. The quantitative estimate of drug-likeness (QED) is 0.442. The highest BCUT2D eigenvalue weighted by atomic mass is 16.6. The molecule has 0 aliphatic carbocycles. The zero-order valence-corrected chi connectivity index (χ0v) is 21.5. The highest BCUT2D eigenvalue weighted by Gasteiger charge is 2.29. The van der Waals surface area contributed by atoms with E-state index in [9.17, 15) is 4.79 Å². The van der Waals surface area contributed by atoms with Crippen molar-refractivity contribution in [1.29, 1.82) is 0 Å². The van der Waals surface area contributed by atoms with Gasteiger partial charge in [0.2, 0.25) is 0 Å². The topological polar surface area (TPSA) is 60.5 Å². The van der Waals surface area contributed by atoms with E-state index < -0.39 is 5.60 Å². The third-order valence-corrected chi connectivity index (χ3v) is 6.70. The Hall–Kier alpha value is -2.95. The Morgan fingerprint density at radius 2 is 1.65 bits per heavy atom. The second-order valence-electron chi connectivity index (χ2n) is 11.7. The summed E-state index contributed by atoms with van der Waals surface area (Å²) in [6.07, 6.45) is 3.96. The molecule has 0 atom stereocenters. The summed E-state index contributed by atoms with van der Waals surface area (Å²) in [5.74, 6) is 0.411. The third-order valence-electron chi connectivity index (χ3n) is 6.70. The van der Waals surface area contributed by atoms with Gasteiger partial charge in [0.15, 0.2) is 0 Å². The molecule has 2 aromatic carbocycles. The van der Waals surface area contributed by atoms with Gasteiger partial charge in [0, 0.05) is 36.9 Å². The van der Waals surface area contributed by atoms with Crippen LogP contribution in [0.25, 0.3) is 10.9 Å². The first-order chi connectivity index (χ1) is 15.9. The Bertz CT molecular complexity index is 1160. The van der Waals surface area contributed by atoms with E-state index in [0.717, 1.165) is 38.2 Å². The first-order valence-corrected chi connectivity index (χ1v) is 12.4. The van der Waals surface area contributed by atoms with Crippen LogP contribution in [0.3, 0.4) is 0 Å². The Morgan fingerprint density at radius 1 is 1.00 bits per heavy atom. The van der Waals surface area contributed by atoms with Crippen molar-refractivity contribution in [2.24, 2.45) is 0 Å². The van der Waals surface area contributed by atoms with Crippen LogP contribution in [0.5, 0.6) is 0 Å². The number of nitrogen functional groups attached to an aromatic ring is 1. The van der Waals surface area contributed by atoms with Gasteiger partial charge in [-0.3, -0.25) is 0 Å². The maximum Gasteiger partial charge on any atom is 0.410 e. The smallest absolute Gasteiger partial charge is 0.410 e. The summed E-state index contributed by atoms with van der Waals surface area (Å²) >= 11 is 0. The second-order valence-corrected chi connectivity index (χ2v) is 11.7. The van der Waals surface area contributed by atoms with Crippen LogP contribution < -0.4 is 5.73 Å². The summed E-state index contributed by atoms with van der Waals surface area (Å²) in [6, 6.07) is 15.2. The van der Waals surface area contributed by atoms with Crippen molar-refractivity contribution < 1.29 is 9.53 Å². The zero-order chi connectivity index (χ0) is 24.7. The van der Waals surface area contributed by atoms with Gasteiger partial charge in [0.1, 0.15) is 5.60 Å². The molecule has 34 heavy (non-hydrogen) atoms. The van der Waals surface area contributed by atoms with Crippen LogP contribution in [-0.4, -0.2) is 34.3 Å². The average molecular weight is 462 g/mol. The van der Waals surface area contributed by atoms with Crippen molar-refractivity contribution in [3.05, 3.63) is 65.4 Å². The number of hydrogen-bond donors (Lipinski definition) is 1. The molecular weight excluding hydrogens is 422 g/mol. The number of piperidine rings is 1. The maximum absolute atomic E-state index is 12.5. The Kier molecular flexibility index (Phi) is 6.41. The molecule has 5 nitrogen and oxygen atoms in total. The molecule has 4 rings (SSSR count). The number of amides is 1. The Balaban J connectivity index is 1.55. The van der Waals surface area contributed by atoms with Crippen LogP contribution in [0, 0.1) is 0 Å². The molecule has 0 bridgehead atoms. The fourth-order valence-electron chi connectivity index (χ4n) is 4.80. The van der Waals surface area contributed by atoms with E-state index in [4.69, 9.17) is 10.5 Å². The minimum atomic E-state index is -0.466. The van der Waals surface area contributed by atoms with Gasteiger partial charge in [0.05, 0.1) is 5.52 Å². The summed E-state index contributed by atoms with van der Waals surface area (Å²) in [7, 11) is 0. The molecule has 1 aromatic heterocycles. The standard InChI is InChI=1S/C29H39N3O2/c1-28(2,3)22-9-7-20(8-10-22)18-32-19-25(24-12-11-23(30)17-26(24)32)21-13-15-31(16-14-21)27(33)34-29(4,5)6/h7-12,17,19,21H,13-16,18,30H2,1-6H3. The molecule has 0 radical (unpaired) electrons. The molecular formula is C29H39N3O2. The number of benzene rings is 2. The number of fused-ring (bicyclic) bond motifs is 1. The highest BCUT2D eigenvalue weighted by molar-refractivity contribution is 5.87. The van der Waals surface area contributed by atoms with Crippen LogP contribution in [-0.2, 0) is 16.7 Å². The number of ether oxygens (including phenoxy) is 1. The van der Waals surface area contributed by atoms with Crippen molar-refractivity contribution in [3.8, 4) is 0 Å². The molecule has 1 fully saturated rings. The molecule has 1 amide bonds. The van der Waals surface area contributed by atoms with Gasteiger partial charge in [-0.05, 0) is 73.8 Å². The third kappa shape index (κ3) is 5.40. The molecule has 182 valence electrons. The van der Waals surface area contributed by atoms with Gasteiger partial charge in [-0.15, -0.1) is 0 Å². The number of likely N-dealkylation sites (tertiary alicyclic amines) is 1. The van der Waals surface area contributed by atoms with E-state index in [1.807, 2.05) is 31.7 Å². The molecule has 2 N–H and O–H groups in total. The summed E-state index contributed by atoms with van der Waals surface area (Å²) in [4.78, 5) is 14.3. The second kappa shape index (κ2) is 9.01. The van der Waals surface area contributed by atoms with Gasteiger partial charge in [-0.1, -0.05) is 51.1 Å². The van der Waals surface area contributed by atoms with Gasteiger partial charge in [-0.2, -0.15) is 0 Å². The SMILES string of the molecule is CC(C)(C)OC(=O)N1CCC(c2cn(Cc3ccc(C(C)(C)C)cc3)c3cc(N)ccc23)CC1. The number of aromatic nitrogens is 1. The fourth-order valence-corrected chi connectivity index (χ4v) is 4.80. The largest absolute Gasteiger partial charge is 0.444 e. The Labute approximate surface area is 203 Å². The van der Waals surface area contributed by atoms with Crippen molar-refractivity contribution >= 4 is 22.7 Å². The summed E-state index contributed by atoms with van der Waals surface area (Å²) in [5.41, 5.74) is 11.8. The van der Waals surface area contributed by atoms with E-state index >= 15 is 0 Å². The lowest BCUT2D eigenvalue weighted by Crippen LogP contribution is -2.41. The fraction of sp³-hybridized carbons (Fsp3) is 0.483. The lowest BCUT2D eigenvalue weighted by molar-refractivity contribution is 0.0205. The average Bonchev–Trinajstić information content (AvgIpc) is 3.10. The first kappa shape index (κ1) is 24.2. The summed E-state index contributed by atoms with van der Waals surface area (Å²) < 4.78 is 7.90. The minimum Gasteiger partial charge on any atom is -0.444 e. The summed E-state index contributed by atoms with van der Waals surface area (Å²) in [6.45, 7) is 14.7. The predicted octanol–water partition coefficient (Wildman–Crippen LogP) is 6.68. The van der Waals surface area contributed by atoms with E-state index in [-0.39, 0.29) is 11.5 Å². The normalized spacial score (nSPS) is 15.6. The van der Waals surface area contributed by atoms with E-state index in [1.165, 1.54) is 27.6 Å². The number of carbonyl (C=O) groups is 1. The maximum atomic E-state index is 12.5. The number of nitrogens with two attached hydrogens (primary N) is 1. The van der Waals surface area contributed by atoms with Crippen LogP contribution in [0.15, 0.2) is 48.7 Å². The van der Waals surface area contributed by atoms with Crippen LogP contribution in [0.4, 0.5) is 10.5 Å². The van der Waals surface area contributed by atoms with E-state index in [1.54, 1.807) is 0 Å². The van der Waals surface area contributed by atoms with Crippen LogP contribution >= 0.6 is 0 Å². The number of nitrogens with zero attached hydrogens (tertiary/aromatic N) is 2. The number of hydrogen-bond acceptors (Lipinski definition) is 3. The molecule has 5 heteroatoms. The monoisotopic (exact) mass is 461 g/mol. The number of anilines is 1. The lowest BCUT2D eigenvalue weighted by Gasteiger charge is -2.33. The molecule has 2 heterocycles.